The highest BCUT2D eigenvalue weighted by Gasteiger charge is 2.36. The Morgan fingerprint density at radius 1 is 1.00 bits per heavy atom. The lowest BCUT2D eigenvalue weighted by Gasteiger charge is -2.39. The van der Waals surface area contributed by atoms with Crippen molar-refractivity contribution < 1.29 is 0 Å². The standard InChI is InChI=1S/C12H25Cl/c1-9(2)8-12(7,13)10(3)11(4,5)6/h9-10H,8H2,1-7H3. The van der Waals surface area contributed by atoms with Crippen molar-refractivity contribution in [3.8, 4) is 0 Å². The van der Waals surface area contributed by atoms with Gasteiger partial charge >= 0.3 is 0 Å². The summed E-state index contributed by atoms with van der Waals surface area (Å²) in [7, 11) is 0. The lowest BCUT2D eigenvalue weighted by Crippen LogP contribution is -2.36. The Morgan fingerprint density at radius 2 is 1.38 bits per heavy atom. The topological polar surface area (TPSA) is 0 Å². The molecular formula is C12H25Cl. The van der Waals surface area contributed by atoms with Crippen molar-refractivity contribution in [2.75, 3.05) is 0 Å². The van der Waals surface area contributed by atoms with Crippen LogP contribution in [-0.4, -0.2) is 4.87 Å². The summed E-state index contributed by atoms with van der Waals surface area (Å²) >= 11 is 6.57. The molecule has 80 valence electrons. The van der Waals surface area contributed by atoms with E-state index >= 15 is 0 Å². The van der Waals surface area contributed by atoms with E-state index in [1.165, 1.54) is 0 Å². The monoisotopic (exact) mass is 204 g/mol. The maximum atomic E-state index is 6.57. The maximum Gasteiger partial charge on any atom is 0.0451 e. The van der Waals surface area contributed by atoms with Gasteiger partial charge in [-0.3, -0.25) is 0 Å². The molecule has 1 heteroatoms. The van der Waals surface area contributed by atoms with Crippen LogP contribution >= 0.6 is 11.6 Å². The van der Waals surface area contributed by atoms with Crippen molar-refractivity contribution in [3.63, 3.8) is 0 Å². The Hall–Kier alpha value is 0.290. The minimum absolute atomic E-state index is 0.0631. The number of hydrogen-bond donors (Lipinski definition) is 0. The van der Waals surface area contributed by atoms with Gasteiger partial charge in [-0.05, 0) is 30.6 Å². The highest BCUT2D eigenvalue weighted by atomic mass is 35.5. The highest BCUT2D eigenvalue weighted by Crippen LogP contribution is 2.41. The third kappa shape index (κ3) is 4.35. The number of alkyl halides is 1. The van der Waals surface area contributed by atoms with Crippen molar-refractivity contribution in [1.82, 2.24) is 0 Å². The van der Waals surface area contributed by atoms with Gasteiger partial charge in [0.15, 0.2) is 0 Å². The lowest BCUT2D eigenvalue weighted by atomic mass is 9.72. The van der Waals surface area contributed by atoms with E-state index in [-0.39, 0.29) is 4.87 Å². The lowest BCUT2D eigenvalue weighted by molar-refractivity contribution is 0.188. The van der Waals surface area contributed by atoms with Crippen LogP contribution in [0, 0.1) is 17.3 Å². The first-order valence-electron chi connectivity index (χ1n) is 5.26. The summed E-state index contributed by atoms with van der Waals surface area (Å²) in [5, 5.41) is 0. The van der Waals surface area contributed by atoms with Crippen LogP contribution in [0.1, 0.15) is 54.9 Å². The van der Waals surface area contributed by atoms with Crippen LogP contribution in [0.3, 0.4) is 0 Å². The fourth-order valence-electron chi connectivity index (χ4n) is 1.88. The Bertz CT molecular complexity index is 151. The van der Waals surface area contributed by atoms with Crippen molar-refractivity contribution >= 4 is 11.6 Å². The normalized spacial score (nSPS) is 20.1. The molecule has 0 aromatic heterocycles. The summed E-state index contributed by atoms with van der Waals surface area (Å²) in [5.74, 6) is 1.20. The van der Waals surface area contributed by atoms with E-state index in [9.17, 15) is 0 Å². The van der Waals surface area contributed by atoms with Gasteiger partial charge in [0.1, 0.15) is 0 Å². The third-order valence-corrected chi connectivity index (χ3v) is 3.49. The van der Waals surface area contributed by atoms with Gasteiger partial charge in [-0.2, -0.15) is 0 Å². The second-order valence-electron chi connectivity index (χ2n) is 5.96. The summed E-state index contributed by atoms with van der Waals surface area (Å²) in [4.78, 5) is -0.0631. The van der Waals surface area contributed by atoms with Crippen molar-refractivity contribution in [2.24, 2.45) is 17.3 Å². The molecule has 2 unspecified atom stereocenters. The second-order valence-corrected chi connectivity index (χ2v) is 6.83. The van der Waals surface area contributed by atoms with E-state index in [0.29, 0.717) is 17.3 Å². The summed E-state index contributed by atoms with van der Waals surface area (Å²) in [5.41, 5.74) is 0.297. The molecule has 13 heavy (non-hydrogen) atoms. The molecule has 0 amide bonds. The first-order chi connectivity index (χ1) is 5.57. The van der Waals surface area contributed by atoms with E-state index in [1.807, 2.05) is 0 Å². The number of hydrogen-bond acceptors (Lipinski definition) is 0. The Labute approximate surface area is 89.1 Å². The molecule has 2 atom stereocenters. The van der Waals surface area contributed by atoms with Crippen molar-refractivity contribution in [2.45, 2.75) is 59.8 Å². The zero-order valence-corrected chi connectivity index (χ0v) is 11.0. The maximum absolute atomic E-state index is 6.57. The van der Waals surface area contributed by atoms with Crippen molar-refractivity contribution in [1.29, 1.82) is 0 Å². The van der Waals surface area contributed by atoms with E-state index in [2.05, 4.69) is 48.5 Å². The Kier molecular flexibility index (Phi) is 4.30. The zero-order chi connectivity index (χ0) is 10.9. The van der Waals surface area contributed by atoms with E-state index in [1.54, 1.807) is 0 Å². The van der Waals surface area contributed by atoms with Crippen LogP contribution in [0.5, 0.6) is 0 Å². The largest absolute Gasteiger partial charge is 0.119 e. The van der Waals surface area contributed by atoms with Gasteiger partial charge < -0.3 is 0 Å². The van der Waals surface area contributed by atoms with Crippen LogP contribution < -0.4 is 0 Å². The first kappa shape index (κ1) is 13.3. The van der Waals surface area contributed by atoms with E-state index in [4.69, 9.17) is 11.6 Å². The van der Waals surface area contributed by atoms with Gasteiger partial charge in [-0.25, -0.2) is 0 Å². The minimum atomic E-state index is -0.0631. The van der Waals surface area contributed by atoms with Crippen LogP contribution in [0.15, 0.2) is 0 Å². The van der Waals surface area contributed by atoms with E-state index < -0.39 is 0 Å². The van der Waals surface area contributed by atoms with Crippen LogP contribution in [0.25, 0.3) is 0 Å². The molecule has 0 fully saturated rings. The SMILES string of the molecule is CC(C)CC(C)(Cl)C(C)C(C)(C)C. The predicted octanol–water partition coefficient (Wildman–Crippen LogP) is 4.71. The molecule has 0 heterocycles. The number of halogens is 1. The predicted molar refractivity (Wildman–Crippen MR) is 62.3 cm³/mol. The second kappa shape index (κ2) is 4.21. The fourth-order valence-corrected chi connectivity index (χ4v) is 2.51. The van der Waals surface area contributed by atoms with Crippen LogP contribution in [0.2, 0.25) is 0 Å². The van der Waals surface area contributed by atoms with Crippen LogP contribution in [0.4, 0.5) is 0 Å². The van der Waals surface area contributed by atoms with Gasteiger partial charge in [-0.15, -0.1) is 11.6 Å². The van der Waals surface area contributed by atoms with Crippen LogP contribution in [-0.2, 0) is 0 Å². The minimum Gasteiger partial charge on any atom is -0.119 e. The first-order valence-corrected chi connectivity index (χ1v) is 5.64. The average molecular weight is 205 g/mol. The zero-order valence-electron chi connectivity index (χ0n) is 10.2. The molecule has 0 N–H and O–H groups in total. The molecule has 0 aliphatic heterocycles. The molecular weight excluding hydrogens is 180 g/mol. The number of rotatable bonds is 3. The summed E-state index contributed by atoms with van der Waals surface area (Å²) in [6.45, 7) is 15.7. The molecule has 0 rings (SSSR count). The molecule has 0 radical (unpaired) electrons. The van der Waals surface area contributed by atoms with Crippen molar-refractivity contribution in [3.05, 3.63) is 0 Å². The molecule has 0 bridgehead atoms. The molecule has 0 saturated carbocycles. The Morgan fingerprint density at radius 3 is 1.62 bits per heavy atom. The molecule has 0 aliphatic rings. The van der Waals surface area contributed by atoms with Gasteiger partial charge in [0.2, 0.25) is 0 Å². The van der Waals surface area contributed by atoms with Gasteiger partial charge in [-0.1, -0.05) is 41.5 Å². The summed E-state index contributed by atoms with van der Waals surface area (Å²) < 4.78 is 0. The third-order valence-electron chi connectivity index (χ3n) is 3.01. The van der Waals surface area contributed by atoms with Gasteiger partial charge in [0, 0.05) is 4.87 Å². The van der Waals surface area contributed by atoms with Gasteiger partial charge in [0.05, 0.1) is 0 Å². The van der Waals surface area contributed by atoms with Gasteiger partial charge in [0.25, 0.3) is 0 Å². The smallest absolute Gasteiger partial charge is 0.0451 e. The summed E-state index contributed by atoms with van der Waals surface area (Å²) in [6.07, 6.45) is 1.09. The fraction of sp³-hybridized carbons (Fsp3) is 1.00. The molecule has 0 aromatic carbocycles. The average Bonchev–Trinajstić information content (AvgIpc) is 1.80. The highest BCUT2D eigenvalue weighted by molar-refractivity contribution is 6.23. The quantitative estimate of drug-likeness (QED) is 0.584. The van der Waals surface area contributed by atoms with E-state index in [0.717, 1.165) is 6.42 Å². The molecule has 0 aliphatic carbocycles. The molecule has 0 spiro atoms. The molecule has 0 nitrogen and oxygen atoms in total. The molecule has 0 saturated heterocycles. The summed E-state index contributed by atoms with van der Waals surface area (Å²) in [6, 6.07) is 0. The molecule has 0 aromatic rings. The Balaban J connectivity index is 4.45.